The zero-order valence-electron chi connectivity index (χ0n) is 11.3. The quantitative estimate of drug-likeness (QED) is 0.849. The average molecular weight is 249 g/mol. The summed E-state index contributed by atoms with van der Waals surface area (Å²) in [6, 6.07) is 17.7. The van der Waals surface area contributed by atoms with Crippen LogP contribution in [0.25, 0.3) is 16.7 Å². The smallest absolute Gasteiger partial charge is 0.0232 e. The fourth-order valence-electron chi connectivity index (χ4n) is 2.69. The largest absolute Gasteiger partial charge is 0.324 e. The third-order valence-corrected chi connectivity index (χ3v) is 3.77. The van der Waals surface area contributed by atoms with Crippen LogP contribution in [-0.4, -0.2) is 6.04 Å². The molecule has 0 fully saturated rings. The molecule has 0 heterocycles. The van der Waals surface area contributed by atoms with Crippen LogP contribution in [0, 0.1) is 6.92 Å². The van der Waals surface area contributed by atoms with Gasteiger partial charge in [-0.3, -0.25) is 0 Å². The van der Waals surface area contributed by atoms with Gasteiger partial charge < -0.3 is 5.73 Å². The van der Waals surface area contributed by atoms with E-state index in [1.807, 2.05) is 0 Å². The summed E-state index contributed by atoms with van der Waals surface area (Å²) in [5.41, 5.74) is 12.5. The van der Waals surface area contributed by atoms with E-state index < -0.39 is 0 Å². The van der Waals surface area contributed by atoms with Crippen molar-refractivity contribution in [2.24, 2.45) is 5.73 Å². The van der Waals surface area contributed by atoms with Gasteiger partial charge in [0.25, 0.3) is 0 Å². The second kappa shape index (κ2) is 5.02. The van der Waals surface area contributed by atoms with Crippen LogP contribution < -0.4 is 5.73 Å². The highest BCUT2D eigenvalue weighted by molar-refractivity contribution is 5.72. The molecule has 0 amide bonds. The SMILES string of the molecule is Cc1cccc(-c2ccc(C3=CC(N)CC3)cc2)c1. The van der Waals surface area contributed by atoms with E-state index in [0.29, 0.717) is 0 Å². The molecule has 1 heteroatoms. The molecule has 1 nitrogen and oxygen atoms in total. The predicted molar refractivity (Wildman–Crippen MR) is 81.8 cm³/mol. The summed E-state index contributed by atoms with van der Waals surface area (Å²) < 4.78 is 0. The van der Waals surface area contributed by atoms with Crippen LogP contribution >= 0.6 is 0 Å². The number of aryl methyl sites for hydroxylation is 1. The Morgan fingerprint density at radius 2 is 1.68 bits per heavy atom. The topological polar surface area (TPSA) is 26.0 Å². The molecular weight excluding hydrogens is 230 g/mol. The Bertz CT molecular complexity index is 608. The molecule has 0 spiro atoms. The Morgan fingerprint density at radius 1 is 0.947 bits per heavy atom. The fourth-order valence-corrected chi connectivity index (χ4v) is 2.69. The molecule has 96 valence electrons. The highest BCUT2D eigenvalue weighted by Gasteiger charge is 2.13. The van der Waals surface area contributed by atoms with E-state index in [1.54, 1.807) is 0 Å². The molecule has 1 aliphatic carbocycles. The van der Waals surface area contributed by atoms with Crippen LogP contribution in [0.4, 0.5) is 0 Å². The van der Waals surface area contributed by atoms with E-state index in [9.17, 15) is 0 Å². The summed E-state index contributed by atoms with van der Waals surface area (Å²) in [5.74, 6) is 0. The highest BCUT2D eigenvalue weighted by Crippen LogP contribution is 2.29. The summed E-state index contributed by atoms with van der Waals surface area (Å²) in [5, 5.41) is 0. The molecule has 0 aliphatic heterocycles. The van der Waals surface area contributed by atoms with Gasteiger partial charge in [-0.15, -0.1) is 0 Å². The van der Waals surface area contributed by atoms with Gasteiger partial charge >= 0.3 is 0 Å². The third-order valence-electron chi connectivity index (χ3n) is 3.77. The Morgan fingerprint density at radius 3 is 2.32 bits per heavy atom. The minimum absolute atomic E-state index is 0.242. The van der Waals surface area contributed by atoms with Crippen molar-refractivity contribution in [1.82, 2.24) is 0 Å². The molecule has 2 N–H and O–H groups in total. The monoisotopic (exact) mass is 249 g/mol. The van der Waals surface area contributed by atoms with Crippen molar-refractivity contribution in [3.8, 4) is 11.1 Å². The molecule has 2 aromatic rings. The van der Waals surface area contributed by atoms with Crippen molar-refractivity contribution >= 4 is 5.57 Å². The molecule has 0 saturated heterocycles. The number of hydrogen-bond acceptors (Lipinski definition) is 1. The first kappa shape index (κ1) is 12.2. The van der Waals surface area contributed by atoms with Crippen LogP contribution in [0.2, 0.25) is 0 Å². The second-order valence-corrected chi connectivity index (χ2v) is 5.34. The van der Waals surface area contributed by atoms with Crippen LogP contribution in [0.3, 0.4) is 0 Å². The van der Waals surface area contributed by atoms with Crippen molar-refractivity contribution in [2.45, 2.75) is 25.8 Å². The van der Waals surface area contributed by atoms with Gasteiger partial charge in [0, 0.05) is 6.04 Å². The van der Waals surface area contributed by atoms with E-state index in [1.165, 1.54) is 27.8 Å². The molecule has 0 bridgehead atoms. The highest BCUT2D eigenvalue weighted by atomic mass is 14.6. The standard InChI is InChI=1S/C18H19N/c1-13-3-2-4-16(11-13)14-5-7-15(8-6-14)17-9-10-18(19)12-17/h2-8,11-12,18H,9-10,19H2,1H3. The zero-order chi connectivity index (χ0) is 13.2. The van der Waals surface area contributed by atoms with E-state index in [4.69, 9.17) is 5.73 Å². The minimum atomic E-state index is 0.242. The van der Waals surface area contributed by atoms with Gasteiger partial charge in [-0.25, -0.2) is 0 Å². The molecule has 0 aromatic heterocycles. The van der Waals surface area contributed by atoms with Crippen molar-refractivity contribution in [3.63, 3.8) is 0 Å². The molecule has 1 aliphatic rings. The van der Waals surface area contributed by atoms with E-state index in [-0.39, 0.29) is 6.04 Å². The van der Waals surface area contributed by atoms with Gasteiger partial charge in [0.15, 0.2) is 0 Å². The summed E-state index contributed by atoms with van der Waals surface area (Å²) in [6.07, 6.45) is 4.38. The molecule has 2 aromatic carbocycles. The maximum absolute atomic E-state index is 5.92. The number of hydrogen-bond donors (Lipinski definition) is 1. The van der Waals surface area contributed by atoms with Gasteiger partial charge in [-0.1, -0.05) is 60.2 Å². The first-order valence-electron chi connectivity index (χ1n) is 6.86. The number of benzene rings is 2. The Balaban J connectivity index is 1.89. The lowest BCUT2D eigenvalue weighted by Crippen LogP contribution is -2.11. The fraction of sp³-hybridized carbons (Fsp3) is 0.222. The normalized spacial score (nSPS) is 18.4. The first-order valence-corrected chi connectivity index (χ1v) is 6.86. The van der Waals surface area contributed by atoms with Gasteiger partial charge in [-0.2, -0.15) is 0 Å². The average Bonchev–Trinajstić information content (AvgIpc) is 2.86. The molecule has 0 radical (unpaired) electrons. The van der Waals surface area contributed by atoms with Crippen LogP contribution in [0.5, 0.6) is 0 Å². The Hall–Kier alpha value is -1.86. The summed E-state index contributed by atoms with van der Waals surface area (Å²) in [7, 11) is 0. The van der Waals surface area contributed by atoms with E-state index in [0.717, 1.165) is 12.8 Å². The lowest BCUT2D eigenvalue weighted by atomic mass is 9.99. The molecule has 0 saturated carbocycles. The summed E-state index contributed by atoms with van der Waals surface area (Å²) >= 11 is 0. The summed E-state index contributed by atoms with van der Waals surface area (Å²) in [4.78, 5) is 0. The number of rotatable bonds is 2. The second-order valence-electron chi connectivity index (χ2n) is 5.34. The zero-order valence-corrected chi connectivity index (χ0v) is 11.3. The predicted octanol–water partition coefficient (Wildman–Crippen LogP) is 4.17. The van der Waals surface area contributed by atoms with Gasteiger partial charge in [-0.05, 0) is 42.0 Å². The van der Waals surface area contributed by atoms with Crippen LogP contribution in [-0.2, 0) is 0 Å². The first-order chi connectivity index (χ1) is 9.22. The van der Waals surface area contributed by atoms with E-state index in [2.05, 4.69) is 61.5 Å². The van der Waals surface area contributed by atoms with Crippen LogP contribution in [0.15, 0.2) is 54.6 Å². The van der Waals surface area contributed by atoms with Gasteiger partial charge in [0.1, 0.15) is 0 Å². The number of allylic oxidation sites excluding steroid dienone is 1. The molecule has 1 unspecified atom stereocenters. The maximum Gasteiger partial charge on any atom is 0.0232 e. The molecular formula is C18H19N. The van der Waals surface area contributed by atoms with Crippen molar-refractivity contribution in [3.05, 3.63) is 65.7 Å². The lowest BCUT2D eigenvalue weighted by Gasteiger charge is -2.06. The molecule has 3 rings (SSSR count). The minimum Gasteiger partial charge on any atom is -0.324 e. The summed E-state index contributed by atoms with van der Waals surface area (Å²) in [6.45, 7) is 2.13. The number of nitrogens with two attached hydrogens (primary N) is 1. The maximum atomic E-state index is 5.92. The molecule has 19 heavy (non-hydrogen) atoms. The van der Waals surface area contributed by atoms with E-state index >= 15 is 0 Å². The van der Waals surface area contributed by atoms with Crippen molar-refractivity contribution in [1.29, 1.82) is 0 Å². The third kappa shape index (κ3) is 2.61. The van der Waals surface area contributed by atoms with Crippen molar-refractivity contribution in [2.75, 3.05) is 0 Å². The van der Waals surface area contributed by atoms with Gasteiger partial charge in [0.2, 0.25) is 0 Å². The Kier molecular flexibility index (Phi) is 3.22. The van der Waals surface area contributed by atoms with Gasteiger partial charge in [0.05, 0.1) is 0 Å². The lowest BCUT2D eigenvalue weighted by molar-refractivity contribution is 0.782. The van der Waals surface area contributed by atoms with Crippen molar-refractivity contribution < 1.29 is 0 Å². The van der Waals surface area contributed by atoms with Crippen LogP contribution in [0.1, 0.15) is 24.0 Å². The Labute approximate surface area is 114 Å². The molecule has 1 atom stereocenters.